The standard InChI is InChI=1S/C14H13BrClNO3S/c15-11-3-6-14(13(16)9-11)17-21(19,20)12-4-1-10(2-5-12)7-8-18/h1-6,9,17-18H,7-8H2. The molecule has 2 N–H and O–H groups in total. The first-order valence-electron chi connectivity index (χ1n) is 6.10. The van der Waals surface area contributed by atoms with E-state index in [1.807, 2.05) is 0 Å². The van der Waals surface area contributed by atoms with E-state index in [2.05, 4.69) is 20.7 Å². The Morgan fingerprint density at radius 3 is 2.38 bits per heavy atom. The van der Waals surface area contributed by atoms with Gasteiger partial charge in [0.15, 0.2) is 0 Å². The molecule has 0 fully saturated rings. The Morgan fingerprint density at radius 2 is 1.81 bits per heavy atom. The van der Waals surface area contributed by atoms with Crippen molar-refractivity contribution in [2.75, 3.05) is 11.3 Å². The number of nitrogens with one attached hydrogen (secondary N) is 1. The molecule has 7 heteroatoms. The van der Waals surface area contributed by atoms with Gasteiger partial charge in [-0.25, -0.2) is 8.42 Å². The van der Waals surface area contributed by atoms with Crippen LogP contribution in [-0.4, -0.2) is 20.1 Å². The number of sulfonamides is 1. The van der Waals surface area contributed by atoms with Gasteiger partial charge in [0.2, 0.25) is 0 Å². The van der Waals surface area contributed by atoms with Crippen molar-refractivity contribution in [1.29, 1.82) is 0 Å². The van der Waals surface area contributed by atoms with Gasteiger partial charge in [0.25, 0.3) is 10.0 Å². The molecule has 21 heavy (non-hydrogen) atoms. The predicted molar refractivity (Wildman–Crippen MR) is 87.2 cm³/mol. The Morgan fingerprint density at radius 1 is 1.14 bits per heavy atom. The molecule has 0 radical (unpaired) electrons. The molecule has 0 saturated heterocycles. The minimum absolute atomic E-state index is 0.0266. The Kier molecular flexibility index (Phi) is 5.27. The van der Waals surface area contributed by atoms with Crippen LogP contribution in [0.2, 0.25) is 5.02 Å². The number of benzene rings is 2. The molecule has 4 nitrogen and oxygen atoms in total. The van der Waals surface area contributed by atoms with Gasteiger partial charge in [-0.05, 0) is 42.3 Å². The van der Waals surface area contributed by atoms with Crippen LogP contribution in [0, 0.1) is 0 Å². The van der Waals surface area contributed by atoms with Crippen molar-refractivity contribution < 1.29 is 13.5 Å². The lowest BCUT2D eigenvalue weighted by atomic mass is 10.2. The van der Waals surface area contributed by atoms with Crippen molar-refractivity contribution in [1.82, 2.24) is 0 Å². The van der Waals surface area contributed by atoms with Gasteiger partial charge in [0, 0.05) is 11.1 Å². The van der Waals surface area contributed by atoms with Crippen molar-refractivity contribution in [3.05, 3.63) is 57.5 Å². The fourth-order valence-electron chi connectivity index (χ4n) is 1.74. The van der Waals surface area contributed by atoms with E-state index in [0.29, 0.717) is 17.1 Å². The maximum Gasteiger partial charge on any atom is 0.261 e. The number of hydrogen-bond acceptors (Lipinski definition) is 3. The van der Waals surface area contributed by atoms with E-state index in [9.17, 15) is 8.42 Å². The highest BCUT2D eigenvalue weighted by atomic mass is 79.9. The molecule has 0 spiro atoms. The molecule has 0 saturated carbocycles. The lowest BCUT2D eigenvalue weighted by Crippen LogP contribution is -2.13. The smallest absolute Gasteiger partial charge is 0.261 e. The molecule has 0 aromatic heterocycles. The molecule has 2 rings (SSSR count). The molecule has 0 atom stereocenters. The van der Waals surface area contributed by atoms with Crippen molar-refractivity contribution in [2.24, 2.45) is 0 Å². The third-order valence-corrected chi connectivity index (χ3v) is 5.00. The average molecular weight is 391 g/mol. The van der Waals surface area contributed by atoms with Crippen LogP contribution in [0.25, 0.3) is 0 Å². The van der Waals surface area contributed by atoms with Gasteiger partial charge in [-0.1, -0.05) is 39.7 Å². The molecule has 2 aromatic carbocycles. The van der Waals surface area contributed by atoms with Gasteiger partial charge in [0.1, 0.15) is 0 Å². The molecule has 0 aliphatic heterocycles. The zero-order valence-corrected chi connectivity index (χ0v) is 14.0. The summed E-state index contributed by atoms with van der Waals surface area (Å²) >= 11 is 9.27. The zero-order chi connectivity index (χ0) is 15.5. The van der Waals surface area contributed by atoms with Crippen molar-refractivity contribution in [3.63, 3.8) is 0 Å². The van der Waals surface area contributed by atoms with E-state index >= 15 is 0 Å². The number of rotatable bonds is 5. The lowest BCUT2D eigenvalue weighted by Gasteiger charge is -2.10. The van der Waals surface area contributed by atoms with E-state index in [0.717, 1.165) is 10.0 Å². The maximum absolute atomic E-state index is 12.3. The van der Waals surface area contributed by atoms with Crippen LogP contribution >= 0.6 is 27.5 Å². The fourth-order valence-corrected chi connectivity index (χ4v) is 3.60. The van der Waals surface area contributed by atoms with Gasteiger partial charge in [-0.2, -0.15) is 0 Å². The molecular weight excluding hydrogens is 378 g/mol. The van der Waals surface area contributed by atoms with Crippen LogP contribution in [0.1, 0.15) is 5.56 Å². The Hall–Kier alpha value is -1.08. The molecule has 0 bridgehead atoms. The highest BCUT2D eigenvalue weighted by Gasteiger charge is 2.15. The van der Waals surface area contributed by atoms with Crippen molar-refractivity contribution >= 4 is 43.2 Å². The summed E-state index contributed by atoms with van der Waals surface area (Å²) < 4.78 is 27.8. The molecule has 0 heterocycles. The first kappa shape index (κ1) is 16.3. The first-order valence-corrected chi connectivity index (χ1v) is 8.75. The van der Waals surface area contributed by atoms with Gasteiger partial charge in [0.05, 0.1) is 15.6 Å². The van der Waals surface area contributed by atoms with Crippen LogP contribution in [0.5, 0.6) is 0 Å². The molecule has 0 amide bonds. The first-order chi connectivity index (χ1) is 9.92. The summed E-state index contributed by atoms with van der Waals surface area (Å²) in [5.74, 6) is 0. The topological polar surface area (TPSA) is 66.4 Å². The summed E-state index contributed by atoms with van der Waals surface area (Å²) in [7, 11) is -3.69. The Bertz CT molecular complexity index is 732. The maximum atomic E-state index is 12.3. The molecule has 0 unspecified atom stereocenters. The van der Waals surface area contributed by atoms with Gasteiger partial charge in [-0.15, -0.1) is 0 Å². The van der Waals surface area contributed by atoms with E-state index in [1.165, 1.54) is 12.1 Å². The highest BCUT2D eigenvalue weighted by Crippen LogP contribution is 2.27. The minimum atomic E-state index is -3.69. The third kappa shape index (κ3) is 4.20. The molecule has 112 valence electrons. The molecule has 0 aliphatic rings. The zero-order valence-electron chi connectivity index (χ0n) is 10.9. The van der Waals surface area contributed by atoms with Crippen LogP contribution in [0.15, 0.2) is 51.8 Å². The van der Waals surface area contributed by atoms with Crippen molar-refractivity contribution in [3.8, 4) is 0 Å². The van der Waals surface area contributed by atoms with Crippen molar-refractivity contribution in [2.45, 2.75) is 11.3 Å². The SMILES string of the molecule is O=S(=O)(Nc1ccc(Br)cc1Cl)c1ccc(CCO)cc1. The second kappa shape index (κ2) is 6.79. The summed E-state index contributed by atoms with van der Waals surface area (Å²) in [6.07, 6.45) is 0.492. The largest absolute Gasteiger partial charge is 0.396 e. The Balaban J connectivity index is 2.25. The second-order valence-electron chi connectivity index (χ2n) is 4.35. The highest BCUT2D eigenvalue weighted by molar-refractivity contribution is 9.10. The van der Waals surface area contributed by atoms with Crippen LogP contribution < -0.4 is 4.72 Å². The van der Waals surface area contributed by atoms with E-state index in [-0.39, 0.29) is 11.5 Å². The number of halogens is 2. The quantitative estimate of drug-likeness (QED) is 0.822. The van der Waals surface area contributed by atoms with E-state index < -0.39 is 10.0 Å². The summed E-state index contributed by atoms with van der Waals surface area (Å²) in [5, 5.41) is 9.16. The van der Waals surface area contributed by atoms with Crippen LogP contribution in [0.3, 0.4) is 0 Å². The summed E-state index contributed by atoms with van der Waals surface area (Å²) in [4.78, 5) is 0.142. The van der Waals surface area contributed by atoms with Crippen LogP contribution in [0.4, 0.5) is 5.69 Å². The summed E-state index contributed by atoms with van der Waals surface area (Å²) in [5.41, 5.74) is 1.19. The number of anilines is 1. The van der Waals surface area contributed by atoms with Gasteiger partial charge < -0.3 is 5.11 Å². The van der Waals surface area contributed by atoms with Crippen LogP contribution in [-0.2, 0) is 16.4 Å². The van der Waals surface area contributed by atoms with Gasteiger partial charge >= 0.3 is 0 Å². The second-order valence-corrected chi connectivity index (χ2v) is 7.35. The predicted octanol–water partition coefficient (Wildman–Crippen LogP) is 3.44. The number of aliphatic hydroxyl groups excluding tert-OH is 1. The van der Waals surface area contributed by atoms with Gasteiger partial charge in [-0.3, -0.25) is 4.72 Å². The monoisotopic (exact) mass is 389 g/mol. The molecule has 2 aromatic rings. The average Bonchev–Trinajstić information content (AvgIpc) is 2.43. The summed E-state index contributed by atoms with van der Waals surface area (Å²) in [6.45, 7) is 0.0266. The number of hydrogen-bond donors (Lipinski definition) is 2. The van der Waals surface area contributed by atoms with E-state index in [4.69, 9.17) is 16.7 Å². The van der Waals surface area contributed by atoms with E-state index in [1.54, 1.807) is 30.3 Å². The third-order valence-electron chi connectivity index (χ3n) is 2.81. The normalized spacial score (nSPS) is 11.4. The Labute approximate surface area is 136 Å². The lowest BCUT2D eigenvalue weighted by molar-refractivity contribution is 0.299. The molecule has 0 aliphatic carbocycles. The summed E-state index contributed by atoms with van der Waals surface area (Å²) in [6, 6.07) is 11.3. The minimum Gasteiger partial charge on any atom is -0.396 e. The fraction of sp³-hybridized carbons (Fsp3) is 0.143. The molecular formula is C14H13BrClNO3S. The number of aliphatic hydroxyl groups is 1.